The zero-order valence-corrected chi connectivity index (χ0v) is 36.1. The Morgan fingerprint density at radius 3 is 0.830 bits per heavy atom. The van der Waals surface area contributed by atoms with Gasteiger partial charge in [0.25, 0.3) is 0 Å². The van der Waals surface area contributed by atoms with Crippen LogP contribution in [0.1, 0.15) is 59.0 Å². The van der Waals surface area contributed by atoms with Crippen LogP contribution in [0.3, 0.4) is 0 Å². The number of hydrogen-bond donors (Lipinski definition) is 0. The smallest absolute Gasteiger partial charge is 1.00 e. The van der Waals surface area contributed by atoms with E-state index in [-0.39, 0.29) is 12.4 Å². The minimum Gasteiger partial charge on any atom is -1.00 e. The monoisotopic (exact) mass is 824 g/mol. The van der Waals surface area contributed by atoms with E-state index < -0.39 is 53.7 Å². The van der Waals surface area contributed by atoms with Crippen LogP contribution in [0, 0.1) is 0 Å². The molecule has 4 aromatic carbocycles. The van der Waals surface area contributed by atoms with Gasteiger partial charge in [0.2, 0.25) is 0 Å². The van der Waals surface area contributed by atoms with Gasteiger partial charge < -0.3 is 17.5 Å². The second-order valence-electron chi connectivity index (χ2n) is 13.2. The molecule has 4 atom stereocenters. The van der Waals surface area contributed by atoms with Gasteiger partial charge >= 0.3 is 285 Å². The van der Waals surface area contributed by atoms with Gasteiger partial charge in [0.05, 0.1) is 0 Å². The Bertz CT molecular complexity index is 1540. The second kappa shape index (κ2) is 16.8. The van der Waals surface area contributed by atoms with Crippen LogP contribution in [0.2, 0.25) is 26.2 Å². The predicted octanol–water partition coefficient (Wildman–Crippen LogP) is 6.23. The van der Waals surface area contributed by atoms with Crippen LogP contribution >= 0.6 is 0 Å². The molecule has 4 aliphatic rings. The minimum atomic E-state index is -1.62. The summed E-state index contributed by atoms with van der Waals surface area (Å²) in [5, 5.41) is 8.25. The first-order valence-electron chi connectivity index (χ1n) is 16.7. The van der Waals surface area contributed by atoms with Crippen molar-refractivity contribution in [2.75, 3.05) is 7.11 Å². The third kappa shape index (κ3) is 7.57. The molecular weight excluding hydrogens is 783 g/mol. The van der Waals surface area contributed by atoms with E-state index in [1.165, 1.54) is 22.3 Å². The summed E-state index contributed by atoms with van der Waals surface area (Å²) in [6.07, 6.45) is 19.7. The van der Waals surface area contributed by atoms with Crippen molar-refractivity contribution >= 4 is 36.2 Å². The number of benzene rings is 4. The summed E-state index contributed by atoms with van der Waals surface area (Å²) in [7, 11) is 0.750. The SMILES string of the molecule is C[O-].C[SiH](C)[Zr+]([CH]1C=Cc2ccccc21)[CH]1C=Cc2ccccc21.C[SiH](C)[Zr+]([CH]1C=Cc2ccccc21)[CH]1C=Cc2ccccc21.[Cl-]. The Balaban J connectivity index is 0.000000172. The third-order valence-corrected chi connectivity index (χ3v) is 52.8. The molecule has 0 heterocycles. The Morgan fingerprint density at radius 1 is 0.404 bits per heavy atom. The zero-order chi connectivity index (χ0) is 32.2. The maximum atomic E-state index is 8.25. The molecule has 0 spiro atoms. The van der Waals surface area contributed by atoms with E-state index in [1.807, 2.05) is 0 Å². The van der Waals surface area contributed by atoms with Crippen molar-refractivity contribution < 1.29 is 59.3 Å². The number of allylic oxidation sites excluding steroid dienone is 4. The maximum absolute atomic E-state index is 8.25. The molecule has 0 fully saturated rings. The van der Waals surface area contributed by atoms with Crippen molar-refractivity contribution in [3.05, 3.63) is 166 Å². The molecule has 0 amide bonds. The van der Waals surface area contributed by atoms with E-state index in [0.717, 1.165) is 21.6 Å². The van der Waals surface area contributed by atoms with Crippen molar-refractivity contribution in [1.29, 1.82) is 0 Å². The number of rotatable bonds is 6. The molecule has 4 aliphatic carbocycles. The molecule has 0 aliphatic heterocycles. The summed E-state index contributed by atoms with van der Waals surface area (Å²) in [6, 6.07) is 36.2. The van der Waals surface area contributed by atoms with Gasteiger partial charge in [-0.25, -0.2) is 0 Å². The molecule has 0 bridgehead atoms. The van der Waals surface area contributed by atoms with Crippen molar-refractivity contribution in [2.24, 2.45) is 0 Å². The average molecular weight is 828 g/mol. The predicted molar refractivity (Wildman–Crippen MR) is 197 cm³/mol. The van der Waals surface area contributed by atoms with Gasteiger partial charge in [-0.15, -0.1) is 0 Å². The van der Waals surface area contributed by atoms with E-state index in [4.69, 9.17) is 5.11 Å². The van der Waals surface area contributed by atoms with Crippen molar-refractivity contribution in [2.45, 2.75) is 40.7 Å². The molecular formula is C41H45ClOSi2Zr2. The van der Waals surface area contributed by atoms with Crippen LogP contribution in [0.15, 0.2) is 121 Å². The van der Waals surface area contributed by atoms with Crippen LogP contribution in [-0.2, 0) is 41.8 Å². The Labute approximate surface area is 306 Å². The summed E-state index contributed by atoms with van der Waals surface area (Å²) in [5.41, 5.74) is 12.4. The van der Waals surface area contributed by atoms with Crippen molar-refractivity contribution in [3.8, 4) is 0 Å². The molecule has 238 valence electrons. The molecule has 6 heteroatoms. The van der Waals surface area contributed by atoms with Gasteiger partial charge in [-0.2, -0.15) is 7.11 Å². The maximum Gasteiger partial charge on any atom is -1.00 e. The first-order valence-corrected chi connectivity index (χ1v) is 36.7. The van der Waals surface area contributed by atoms with Crippen molar-refractivity contribution in [1.82, 2.24) is 0 Å². The van der Waals surface area contributed by atoms with E-state index in [9.17, 15) is 0 Å². The van der Waals surface area contributed by atoms with Gasteiger partial charge in [0.1, 0.15) is 0 Å². The number of fused-ring (bicyclic) bond motifs is 4. The molecule has 4 aromatic rings. The van der Waals surface area contributed by atoms with E-state index >= 15 is 0 Å². The zero-order valence-electron chi connectivity index (χ0n) is 28.1. The molecule has 4 unspecified atom stereocenters. The van der Waals surface area contributed by atoms with Crippen LogP contribution < -0.4 is 17.5 Å². The Hall–Kier alpha value is -1.71. The fourth-order valence-corrected chi connectivity index (χ4v) is 50.1. The molecule has 0 saturated carbocycles. The number of hydrogen-bond acceptors (Lipinski definition) is 1. The topological polar surface area (TPSA) is 23.1 Å². The van der Waals surface area contributed by atoms with Gasteiger partial charge in [-0.1, -0.05) is 0 Å². The first-order chi connectivity index (χ1) is 22.5. The summed E-state index contributed by atoms with van der Waals surface area (Å²) in [6.45, 7) is 10.4. The third-order valence-electron chi connectivity index (χ3n) is 9.97. The van der Waals surface area contributed by atoms with Gasteiger partial charge in [-0.3, -0.25) is 0 Å². The first kappa shape index (κ1) is 36.6. The fraction of sp³-hybridized carbons (Fsp3) is 0.220. The largest absolute Gasteiger partial charge is 1.00 e. The van der Waals surface area contributed by atoms with Gasteiger partial charge in [0.15, 0.2) is 0 Å². The van der Waals surface area contributed by atoms with Crippen LogP contribution in [-0.4, -0.2) is 19.0 Å². The fourth-order valence-electron chi connectivity index (χ4n) is 7.98. The van der Waals surface area contributed by atoms with Crippen LogP contribution in [0.25, 0.3) is 24.3 Å². The standard InChI is InChI=1S/4C9H7.2C2H7Si.CH3O.ClH.2Zr/c4*1-2-5-9-7-3-6-8(9)4-1;2*1-3-2;1-2;;;/h4*1-7H;2*3H,1-2H3;1H3;1H;;/q;;;;;;-1;;2*+1/p-1. The van der Waals surface area contributed by atoms with Crippen LogP contribution in [0.4, 0.5) is 0 Å². The molecule has 0 saturated heterocycles. The Kier molecular flexibility index (Phi) is 13.1. The Morgan fingerprint density at radius 2 is 0.617 bits per heavy atom. The summed E-state index contributed by atoms with van der Waals surface area (Å²) in [5.74, 6) is -1.23. The van der Waals surface area contributed by atoms with Crippen molar-refractivity contribution in [3.63, 3.8) is 0 Å². The second-order valence-corrected chi connectivity index (χ2v) is 53.7. The van der Waals surface area contributed by atoms with E-state index in [2.05, 4.69) is 172 Å². The summed E-state index contributed by atoms with van der Waals surface area (Å²) >= 11 is -3.23. The van der Waals surface area contributed by atoms with E-state index in [0.29, 0.717) is 0 Å². The minimum absolute atomic E-state index is 0. The molecule has 0 radical (unpaired) electrons. The van der Waals surface area contributed by atoms with Crippen LogP contribution in [0.5, 0.6) is 0 Å². The summed E-state index contributed by atoms with van der Waals surface area (Å²) < 4.78 is 3.13. The normalized spacial score (nSPS) is 20.0. The average Bonchev–Trinajstić information content (AvgIpc) is 3.89. The molecule has 0 aromatic heterocycles. The molecule has 0 N–H and O–H groups in total. The molecule has 8 rings (SSSR count). The molecule has 47 heavy (non-hydrogen) atoms. The number of halogens is 1. The quantitative estimate of drug-likeness (QED) is 0.212. The van der Waals surface area contributed by atoms with Gasteiger partial charge in [0, 0.05) is 0 Å². The van der Waals surface area contributed by atoms with E-state index in [1.54, 1.807) is 22.3 Å². The molecule has 1 nitrogen and oxygen atoms in total. The van der Waals surface area contributed by atoms with Gasteiger partial charge in [-0.05, 0) is 0 Å². The summed E-state index contributed by atoms with van der Waals surface area (Å²) in [4.78, 5) is 0.